The Morgan fingerprint density at radius 3 is 2.59 bits per heavy atom. The van der Waals surface area contributed by atoms with Gasteiger partial charge in [-0.3, -0.25) is 4.79 Å². The Morgan fingerprint density at radius 1 is 1.32 bits per heavy atom. The lowest BCUT2D eigenvalue weighted by molar-refractivity contribution is -0.152. The minimum Gasteiger partial charge on any atom is -0.508 e. The van der Waals surface area contributed by atoms with Gasteiger partial charge in [-0.1, -0.05) is 19.1 Å². The summed E-state index contributed by atoms with van der Waals surface area (Å²) in [6.07, 6.45) is 2.87. The third-order valence-corrected chi connectivity index (χ3v) is 4.20. The number of hydrogen-bond acceptors (Lipinski definition) is 4. The van der Waals surface area contributed by atoms with Gasteiger partial charge in [0.05, 0.1) is 6.61 Å². The van der Waals surface area contributed by atoms with Gasteiger partial charge < -0.3 is 14.7 Å². The summed E-state index contributed by atoms with van der Waals surface area (Å²) < 4.78 is 5.37. The maximum Gasteiger partial charge on any atom is 0.317 e. The molecule has 1 aliphatic rings. The van der Waals surface area contributed by atoms with E-state index in [1.807, 2.05) is 19.1 Å². The van der Waals surface area contributed by atoms with E-state index in [1.165, 1.54) is 0 Å². The fraction of sp³-hybridized carbons (Fsp3) is 0.588. The highest BCUT2D eigenvalue weighted by molar-refractivity contribution is 5.85. The van der Waals surface area contributed by atoms with Crippen LogP contribution in [0.15, 0.2) is 24.3 Å². The van der Waals surface area contributed by atoms with Crippen molar-refractivity contribution in [2.45, 2.75) is 38.5 Å². The second kappa shape index (κ2) is 8.39. The topological polar surface area (TPSA) is 49.8 Å². The largest absolute Gasteiger partial charge is 0.508 e. The van der Waals surface area contributed by atoms with Crippen LogP contribution in [0, 0.1) is 0 Å². The Balaban J connectivity index is 0.00000242. The van der Waals surface area contributed by atoms with Crippen LogP contribution in [-0.2, 0) is 14.9 Å². The smallest absolute Gasteiger partial charge is 0.317 e. The molecule has 1 aliphatic heterocycles. The third kappa shape index (κ3) is 3.93. The van der Waals surface area contributed by atoms with E-state index in [0.29, 0.717) is 13.2 Å². The van der Waals surface area contributed by atoms with Crippen LogP contribution in [-0.4, -0.2) is 42.2 Å². The van der Waals surface area contributed by atoms with Crippen molar-refractivity contribution in [3.05, 3.63) is 29.8 Å². The first-order valence-corrected chi connectivity index (χ1v) is 7.81. The number of nitrogens with zero attached hydrogens (tertiary/aromatic N) is 1. The number of benzene rings is 1. The van der Waals surface area contributed by atoms with Gasteiger partial charge in [0.15, 0.2) is 0 Å². The number of likely N-dealkylation sites (tertiary alicyclic amines) is 1. The molecule has 1 aromatic carbocycles. The first-order chi connectivity index (χ1) is 10.1. The highest BCUT2D eigenvalue weighted by atomic mass is 35.5. The molecular formula is C17H26ClNO3. The van der Waals surface area contributed by atoms with Crippen LogP contribution >= 0.6 is 12.4 Å². The molecule has 2 rings (SSSR count). The van der Waals surface area contributed by atoms with Crippen molar-refractivity contribution < 1.29 is 14.6 Å². The zero-order valence-corrected chi connectivity index (χ0v) is 14.2. The van der Waals surface area contributed by atoms with Crippen LogP contribution in [0.1, 0.15) is 38.7 Å². The number of phenols is 1. The second-order valence-corrected chi connectivity index (χ2v) is 5.73. The van der Waals surface area contributed by atoms with Gasteiger partial charge in [0, 0.05) is 6.54 Å². The Labute approximate surface area is 138 Å². The highest BCUT2D eigenvalue weighted by Crippen LogP contribution is 2.36. The molecule has 22 heavy (non-hydrogen) atoms. The van der Waals surface area contributed by atoms with Crippen molar-refractivity contribution in [1.82, 2.24) is 4.90 Å². The van der Waals surface area contributed by atoms with Crippen LogP contribution in [0.2, 0.25) is 0 Å². The summed E-state index contributed by atoms with van der Waals surface area (Å²) in [6, 6.07) is 6.99. The molecule has 1 unspecified atom stereocenters. The molecule has 0 amide bonds. The zero-order chi connectivity index (χ0) is 15.3. The van der Waals surface area contributed by atoms with Gasteiger partial charge in [-0.2, -0.15) is 0 Å². The minimum atomic E-state index is -0.600. The van der Waals surface area contributed by atoms with Crippen molar-refractivity contribution in [1.29, 1.82) is 0 Å². The molecule has 124 valence electrons. The van der Waals surface area contributed by atoms with E-state index in [-0.39, 0.29) is 24.1 Å². The maximum atomic E-state index is 12.6. The number of halogens is 1. The van der Waals surface area contributed by atoms with Crippen molar-refractivity contribution >= 4 is 18.4 Å². The number of rotatable bonds is 5. The molecule has 1 fully saturated rings. The summed E-state index contributed by atoms with van der Waals surface area (Å²) in [5.74, 6) is 0.0791. The van der Waals surface area contributed by atoms with Crippen molar-refractivity contribution in [2.75, 3.05) is 26.2 Å². The van der Waals surface area contributed by atoms with E-state index >= 15 is 0 Å². The average Bonchev–Trinajstić information content (AvgIpc) is 2.48. The van der Waals surface area contributed by atoms with Gasteiger partial charge >= 0.3 is 5.97 Å². The van der Waals surface area contributed by atoms with Crippen LogP contribution in [0.3, 0.4) is 0 Å². The number of ether oxygens (including phenoxy) is 1. The quantitative estimate of drug-likeness (QED) is 0.844. The molecule has 1 saturated heterocycles. The van der Waals surface area contributed by atoms with Gasteiger partial charge in [-0.25, -0.2) is 0 Å². The number of piperidine rings is 1. The molecule has 1 heterocycles. The van der Waals surface area contributed by atoms with Crippen LogP contribution in [0.25, 0.3) is 0 Å². The SMILES string of the molecule is CCCN1CCCC(C(=O)OCC)(c2ccc(O)cc2)C1.Cl. The molecule has 0 aliphatic carbocycles. The Kier molecular flexibility index (Phi) is 7.17. The number of hydrogen-bond donors (Lipinski definition) is 1. The van der Waals surface area contributed by atoms with E-state index in [4.69, 9.17) is 4.74 Å². The van der Waals surface area contributed by atoms with E-state index in [9.17, 15) is 9.90 Å². The van der Waals surface area contributed by atoms with Gasteiger partial charge in [-0.15, -0.1) is 12.4 Å². The first-order valence-electron chi connectivity index (χ1n) is 7.81. The summed E-state index contributed by atoms with van der Waals surface area (Å²) in [4.78, 5) is 15.0. The number of carbonyl (C=O) groups is 1. The standard InChI is InChI=1S/C17H25NO3.ClH/c1-3-11-18-12-5-10-17(13-18,16(20)21-4-2)14-6-8-15(19)9-7-14;/h6-9,19H,3-5,10-13H2,1-2H3;1H. The number of aromatic hydroxyl groups is 1. The van der Waals surface area contributed by atoms with E-state index in [1.54, 1.807) is 12.1 Å². The van der Waals surface area contributed by atoms with Crippen molar-refractivity contribution in [3.63, 3.8) is 0 Å². The van der Waals surface area contributed by atoms with E-state index in [0.717, 1.165) is 37.9 Å². The monoisotopic (exact) mass is 327 g/mol. The fourth-order valence-electron chi connectivity index (χ4n) is 3.22. The molecule has 0 aromatic heterocycles. The lowest BCUT2D eigenvalue weighted by atomic mass is 9.74. The molecule has 0 radical (unpaired) electrons. The predicted octanol–water partition coefficient (Wildman–Crippen LogP) is 3.12. The maximum absolute atomic E-state index is 12.6. The molecule has 0 saturated carbocycles. The number of carbonyl (C=O) groups excluding carboxylic acids is 1. The lowest BCUT2D eigenvalue weighted by Crippen LogP contribution is -2.51. The van der Waals surface area contributed by atoms with Gasteiger partial charge in [0.25, 0.3) is 0 Å². The molecule has 4 nitrogen and oxygen atoms in total. The summed E-state index contributed by atoms with van der Waals surface area (Å²) in [5, 5.41) is 9.49. The molecule has 1 aromatic rings. The normalized spacial score (nSPS) is 21.9. The van der Waals surface area contributed by atoms with Crippen molar-refractivity contribution in [3.8, 4) is 5.75 Å². The number of esters is 1. The first kappa shape index (κ1) is 18.8. The minimum absolute atomic E-state index is 0. The fourth-order valence-corrected chi connectivity index (χ4v) is 3.22. The predicted molar refractivity (Wildman–Crippen MR) is 89.6 cm³/mol. The molecule has 0 bridgehead atoms. The third-order valence-electron chi connectivity index (χ3n) is 4.20. The summed E-state index contributed by atoms with van der Waals surface area (Å²) in [6.45, 7) is 7.12. The molecule has 1 N–H and O–H groups in total. The van der Waals surface area contributed by atoms with Gasteiger partial charge in [-0.05, 0) is 57.0 Å². The molecule has 0 spiro atoms. The van der Waals surface area contributed by atoms with Gasteiger partial charge in [0.2, 0.25) is 0 Å². The summed E-state index contributed by atoms with van der Waals surface area (Å²) in [7, 11) is 0. The molecule has 5 heteroatoms. The number of phenolic OH excluding ortho intramolecular Hbond substituents is 1. The highest BCUT2D eigenvalue weighted by Gasteiger charge is 2.44. The summed E-state index contributed by atoms with van der Waals surface area (Å²) in [5.41, 5.74) is 0.344. The van der Waals surface area contributed by atoms with Crippen LogP contribution < -0.4 is 0 Å². The Bertz CT molecular complexity index is 475. The van der Waals surface area contributed by atoms with Crippen molar-refractivity contribution in [2.24, 2.45) is 0 Å². The Morgan fingerprint density at radius 2 is 2.00 bits per heavy atom. The zero-order valence-electron chi connectivity index (χ0n) is 13.4. The lowest BCUT2D eigenvalue weighted by Gasteiger charge is -2.41. The molecule has 1 atom stereocenters. The van der Waals surface area contributed by atoms with Crippen LogP contribution in [0.5, 0.6) is 5.75 Å². The van der Waals surface area contributed by atoms with E-state index < -0.39 is 5.41 Å². The van der Waals surface area contributed by atoms with Crippen LogP contribution in [0.4, 0.5) is 0 Å². The molecular weight excluding hydrogens is 302 g/mol. The summed E-state index contributed by atoms with van der Waals surface area (Å²) >= 11 is 0. The van der Waals surface area contributed by atoms with E-state index in [2.05, 4.69) is 11.8 Å². The average molecular weight is 328 g/mol. The second-order valence-electron chi connectivity index (χ2n) is 5.73. The Hall–Kier alpha value is -1.26. The van der Waals surface area contributed by atoms with Gasteiger partial charge in [0.1, 0.15) is 11.2 Å².